The van der Waals surface area contributed by atoms with E-state index in [4.69, 9.17) is 22.0 Å². The van der Waals surface area contributed by atoms with Gasteiger partial charge in [-0.15, -0.1) is 4.47 Å². The molecule has 1 rings (SSSR count). The quantitative estimate of drug-likeness (QED) is 0.540. The Kier molecular flexibility index (Phi) is 2.69. The van der Waals surface area contributed by atoms with Crippen molar-refractivity contribution in [2.75, 3.05) is 0 Å². The molecule has 0 radical (unpaired) electrons. The van der Waals surface area contributed by atoms with E-state index in [0.717, 1.165) is 0 Å². The first-order chi connectivity index (χ1) is 5.56. The van der Waals surface area contributed by atoms with Gasteiger partial charge in [0.2, 0.25) is 10.0 Å². The lowest BCUT2D eigenvalue weighted by Gasteiger charge is -1.99. The molecule has 0 aliphatic heterocycles. The van der Waals surface area contributed by atoms with Crippen molar-refractivity contribution in [3.8, 4) is 0 Å². The van der Waals surface area contributed by atoms with Crippen molar-refractivity contribution in [3.63, 3.8) is 0 Å². The second-order valence-electron chi connectivity index (χ2n) is 2.06. The zero-order chi connectivity index (χ0) is 9.19. The molecule has 0 saturated heterocycles. The molecule has 0 aliphatic carbocycles. The first-order valence-corrected chi connectivity index (χ1v) is 4.85. The molecule has 1 atom stereocenters. The normalized spacial score (nSPS) is 15.2. The fraction of sp³-hybridized carbons (Fsp3) is 0. The molecule has 1 aromatic rings. The van der Waals surface area contributed by atoms with E-state index in [1.165, 1.54) is 24.3 Å². The average molecular weight is 207 g/mol. The highest BCUT2D eigenvalue weighted by atomic mass is 35.5. The lowest BCUT2D eigenvalue weighted by Crippen LogP contribution is -2.01. The summed E-state index contributed by atoms with van der Waals surface area (Å²) >= 11 is 5.57. The molecule has 0 saturated carbocycles. The second kappa shape index (κ2) is 3.40. The summed E-state index contributed by atoms with van der Waals surface area (Å²) in [5.74, 6) is 4.74. The topological polar surface area (TPSA) is 75.7 Å². The Bertz CT molecular complexity index is 381. The Hall–Kier alpha value is -0.620. The van der Waals surface area contributed by atoms with Crippen LogP contribution in [0.15, 0.2) is 33.6 Å². The summed E-state index contributed by atoms with van der Waals surface area (Å²) in [5.41, 5.74) is 0. The summed E-state index contributed by atoms with van der Waals surface area (Å²) in [4.78, 5) is 0.148. The third kappa shape index (κ3) is 1.95. The van der Waals surface area contributed by atoms with Crippen molar-refractivity contribution in [1.82, 2.24) is 0 Å². The fourth-order valence-electron chi connectivity index (χ4n) is 0.673. The number of nitrogens with zero attached hydrogens (tertiary/aromatic N) is 1. The standard InChI is InChI=1S/C6H7ClN2O2S/c7-5-1-3-6(4-2-5)12(10,11)9-8/h1-4H,8H2,(H,9,10,11). The van der Waals surface area contributed by atoms with Gasteiger partial charge in [-0.1, -0.05) is 11.6 Å². The van der Waals surface area contributed by atoms with Gasteiger partial charge >= 0.3 is 0 Å². The SMILES string of the molecule is NN=S(=O)(O)c1ccc(Cl)cc1. The molecule has 0 amide bonds. The molecule has 0 heterocycles. The predicted molar refractivity (Wildman–Crippen MR) is 47.1 cm³/mol. The molecule has 0 spiro atoms. The first-order valence-electron chi connectivity index (χ1n) is 3.00. The summed E-state index contributed by atoms with van der Waals surface area (Å²) in [7, 11) is -3.42. The zero-order valence-corrected chi connectivity index (χ0v) is 7.55. The number of halogens is 1. The maximum Gasteiger partial charge on any atom is 0.206 e. The van der Waals surface area contributed by atoms with E-state index in [0.29, 0.717) is 5.02 Å². The van der Waals surface area contributed by atoms with Crippen LogP contribution in [0.1, 0.15) is 0 Å². The largest absolute Gasteiger partial charge is 0.296 e. The van der Waals surface area contributed by atoms with Crippen LogP contribution < -0.4 is 5.84 Å². The van der Waals surface area contributed by atoms with E-state index in [1.807, 2.05) is 0 Å². The van der Waals surface area contributed by atoms with Crippen molar-refractivity contribution in [3.05, 3.63) is 29.3 Å². The van der Waals surface area contributed by atoms with Gasteiger partial charge in [0, 0.05) is 5.02 Å². The molecule has 3 N–H and O–H groups in total. The Morgan fingerprint density at radius 3 is 2.33 bits per heavy atom. The van der Waals surface area contributed by atoms with Gasteiger partial charge < -0.3 is 0 Å². The summed E-state index contributed by atoms with van der Waals surface area (Å²) in [6, 6.07) is 5.80. The molecule has 12 heavy (non-hydrogen) atoms. The first kappa shape index (κ1) is 9.47. The van der Waals surface area contributed by atoms with Gasteiger partial charge in [-0.2, -0.15) is 0 Å². The minimum atomic E-state index is -3.42. The second-order valence-corrected chi connectivity index (χ2v) is 4.17. The Morgan fingerprint density at radius 1 is 1.42 bits per heavy atom. The monoisotopic (exact) mass is 206 g/mol. The molecular formula is C6H7ClN2O2S. The average Bonchev–Trinajstić information content (AvgIpc) is 2.05. The molecule has 66 valence electrons. The fourth-order valence-corrected chi connectivity index (χ4v) is 1.41. The van der Waals surface area contributed by atoms with E-state index in [1.54, 1.807) is 0 Å². The molecule has 0 aliphatic rings. The van der Waals surface area contributed by atoms with Crippen LogP contribution >= 0.6 is 11.6 Å². The van der Waals surface area contributed by atoms with Gasteiger partial charge in [0.1, 0.15) is 0 Å². The van der Waals surface area contributed by atoms with Crippen molar-refractivity contribution in [2.45, 2.75) is 4.90 Å². The molecule has 1 aromatic carbocycles. The van der Waals surface area contributed by atoms with Crippen molar-refractivity contribution >= 4 is 21.6 Å². The molecule has 0 bridgehead atoms. The summed E-state index contributed by atoms with van der Waals surface area (Å²) in [6.45, 7) is 0. The van der Waals surface area contributed by atoms with Gasteiger partial charge in [-0.05, 0) is 24.3 Å². The highest BCUT2D eigenvalue weighted by Gasteiger charge is 2.05. The van der Waals surface area contributed by atoms with Crippen LogP contribution in [0.5, 0.6) is 0 Å². The smallest absolute Gasteiger partial charge is 0.206 e. The van der Waals surface area contributed by atoms with E-state index in [9.17, 15) is 4.21 Å². The maximum absolute atomic E-state index is 11.1. The molecule has 1 unspecified atom stereocenters. The highest BCUT2D eigenvalue weighted by Crippen LogP contribution is 2.14. The number of hydrogen-bond acceptors (Lipinski definition) is 2. The molecule has 0 fully saturated rings. The van der Waals surface area contributed by atoms with Crippen molar-refractivity contribution in [1.29, 1.82) is 0 Å². The molecule has 0 aromatic heterocycles. The lowest BCUT2D eigenvalue weighted by atomic mass is 10.4. The summed E-state index contributed by atoms with van der Waals surface area (Å²) < 4.78 is 23.0. The minimum Gasteiger partial charge on any atom is -0.296 e. The van der Waals surface area contributed by atoms with Gasteiger partial charge in [-0.25, -0.2) is 10.1 Å². The minimum absolute atomic E-state index is 0.148. The van der Waals surface area contributed by atoms with Crippen LogP contribution in [-0.4, -0.2) is 8.76 Å². The van der Waals surface area contributed by atoms with Gasteiger partial charge in [-0.3, -0.25) is 4.55 Å². The van der Waals surface area contributed by atoms with E-state index in [-0.39, 0.29) is 4.90 Å². The third-order valence-corrected chi connectivity index (χ3v) is 2.69. The van der Waals surface area contributed by atoms with Crippen LogP contribution in [0.2, 0.25) is 5.02 Å². The van der Waals surface area contributed by atoms with E-state index < -0.39 is 10.0 Å². The summed E-state index contributed by atoms with van der Waals surface area (Å²) in [6.07, 6.45) is 0. The van der Waals surface area contributed by atoms with Gasteiger partial charge in [0.15, 0.2) is 0 Å². The number of benzene rings is 1. The van der Waals surface area contributed by atoms with E-state index in [2.05, 4.69) is 4.47 Å². The van der Waals surface area contributed by atoms with E-state index >= 15 is 0 Å². The predicted octanol–water partition coefficient (Wildman–Crippen LogP) is 1.51. The lowest BCUT2D eigenvalue weighted by molar-refractivity contribution is 0.549. The van der Waals surface area contributed by atoms with Crippen molar-refractivity contribution in [2.24, 2.45) is 10.3 Å². The number of rotatable bonds is 1. The van der Waals surface area contributed by atoms with Crippen LogP contribution in [0, 0.1) is 0 Å². The Balaban J connectivity index is 3.24. The molecular weight excluding hydrogens is 200 g/mol. The number of hydrogen-bond donors (Lipinski definition) is 2. The molecule has 6 heteroatoms. The van der Waals surface area contributed by atoms with Crippen LogP contribution in [-0.2, 0) is 10.0 Å². The van der Waals surface area contributed by atoms with Crippen LogP contribution in [0.4, 0.5) is 0 Å². The summed E-state index contributed by atoms with van der Waals surface area (Å²) in [5, 5.41) is 0.492. The Morgan fingerprint density at radius 2 is 1.92 bits per heavy atom. The third-order valence-electron chi connectivity index (χ3n) is 1.26. The highest BCUT2D eigenvalue weighted by molar-refractivity contribution is 7.88. The van der Waals surface area contributed by atoms with Crippen LogP contribution in [0.3, 0.4) is 0 Å². The van der Waals surface area contributed by atoms with Gasteiger partial charge in [0.25, 0.3) is 0 Å². The van der Waals surface area contributed by atoms with Crippen molar-refractivity contribution < 1.29 is 8.76 Å². The molecule has 4 nitrogen and oxygen atoms in total. The zero-order valence-electron chi connectivity index (χ0n) is 5.98. The maximum atomic E-state index is 11.1. The Labute approximate surface area is 75.3 Å². The van der Waals surface area contributed by atoms with Gasteiger partial charge in [0.05, 0.1) is 4.90 Å². The van der Waals surface area contributed by atoms with Crippen LogP contribution in [0.25, 0.3) is 0 Å². The number of nitrogens with two attached hydrogens (primary N) is 1.